The molecule has 0 aromatic carbocycles. The highest BCUT2D eigenvalue weighted by atomic mass is 79.9. The molecule has 0 fully saturated rings. The summed E-state index contributed by atoms with van der Waals surface area (Å²) in [6.07, 6.45) is 1.87. The maximum atomic E-state index is 4.09. The normalized spacial score (nSPS) is 10.3. The second kappa shape index (κ2) is 3.44. The molecule has 0 amide bonds. The van der Waals surface area contributed by atoms with E-state index >= 15 is 0 Å². The maximum absolute atomic E-state index is 4.09. The Morgan fingerprint density at radius 3 is 2.90 bits per heavy atom. The summed E-state index contributed by atoms with van der Waals surface area (Å²) in [5, 5.41) is 1.20. The van der Waals surface area contributed by atoms with E-state index < -0.39 is 0 Å². The van der Waals surface area contributed by atoms with E-state index in [0.717, 1.165) is 10.5 Å². The summed E-state index contributed by atoms with van der Waals surface area (Å²) in [5.41, 5.74) is 0. The van der Waals surface area contributed by atoms with Gasteiger partial charge < -0.3 is 4.57 Å². The second-order valence-corrected chi connectivity index (χ2v) is 3.85. The van der Waals surface area contributed by atoms with Gasteiger partial charge in [0, 0.05) is 7.05 Å². The van der Waals surface area contributed by atoms with Crippen LogP contribution in [-0.4, -0.2) is 15.3 Å². The van der Waals surface area contributed by atoms with Crippen molar-refractivity contribution in [1.82, 2.24) is 9.55 Å². The largest absolute Gasteiger partial charge is 0.317 e. The Morgan fingerprint density at radius 1 is 1.80 bits per heavy atom. The minimum absolute atomic E-state index is 0.892. The number of aromatic nitrogens is 2. The molecule has 4 heteroatoms. The summed E-state index contributed by atoms with van der Waals surface area (Å²) in [5.74, 6) is 1.09. The number of hydrogen-bond acceptors (Lipinski definition) is 2. The molecule has 0 aliphatic carbocycles. The van der Waals surface area contributed by atoms with Crippen molar-refractivity contribution >= 4 is 27.7 Å². The third-order valence-corrected chi connectivity index (χ3v) is 2.88. The SMILES string of the molecule is CCSc1cnc(Br)n1C. The fourth-order valence-electron chi connectivity index (χ4n) is 0.655. The lowest BCUT2D eigenvalue weighted by Gasteiger charge is -1.98. The van der Waals surface area contributed by atoms with Crippen LogP contribution in [0.1, 0.15) is 6.92 Å². The van der Waals surface area contributed by atoms with E-state index in [1.165, 1.54) is 5.03 Å². The summed E-state index contributed by atoms with van der Waals surface area (Å²) in [6.45, 7) is 2.13. The molecule has 0 spiro atoms. The molecule has 0 saturated heterocycles. The van der Waals surface area contributed by atoms with Gasteiger partial charge in [0.1, 0.15) is 0 Å². The van der Waals surface area contributed by atoms with Crippen LogP contribution < -0.4 is 0 Å². The Balaban J connectivity index is 2.83. The van der Waals surface area contributed by atoms with Crippen LogP contribution in [0.15, 0.2) is 16.0 Å². The molecule has 0 saturated carbocycles. The van der Waals surface area contributed by atoms with Gasteiger partial charge in [0.15, 0.2) is 4.73 Å². The van der Waals surface area contributed by atoms with Crippen molar-refractivity contribution in [2.45, 2.75) is 11.9 Å². The standard InChI is InChI=1S/C6H9BrN2S/c1-3-10-5-4-8-6(7)9(5)2/h4H,3H2,1-2H3. The highest BCUT2D eigenvalue weighted by Gasteiger charge is 2.01. The molecule has 1 aromatic heterocycles. The summed E-state index contributed by atoms with van der Waals surface area (Å²) >= 11 is 5.12. The molecule has 0 radical (unpaired) electrons. The van der Waals surface area contributed by atoms with Gasteiger partial charge in [0.05, 0.1) is 11.2 Å². The second-order valence-electron chi connectivity index (χ2n) is 1.86. The van der Waals surface area contributed by atoms with Gasteiger partial charge in [0.2, 0.25) is 0 Å². The summed E-state index contributed by atoms with van der Waals surface area (Å²) in [6, 6.07) is 0. The highest BCUT2D eigenvalue weighted by molar-refractivity contribution is 9.10. The van der Waals surface area contributed by atoms with Crippen molar-refractivity contribution < 1.29 is 0 Å². The molecular weight excluding hydrogens is 212 g/mol. The number of thioether (sulfide) groups is 1. The van der Waals surface area contributed by atoms with Crippen LogP contribution in [0.4, 0.5) is 0 Å². The lowest BCUT2D eigenvalue weighted by atomic mass is 10.9. The molecule has 0 bridgehead atoms. The van der Waals surface area contributed by atoms with Gasteiger partial charge in [-0.3, -0.25) is 0 Å². The molecule has 0 N–H and O–H groups in total. The molecule has 10 heavy (non-hydrogen) atoms. The van der Waals surface area contributed by atoms with Crippen molar-refractivity contribution in [3.8, 4) is 0 Å². The van der Waals surface area contributed by atoms with Crippen molar-refractivity contribution in [3.05, 3.63) is 10.9 Å². The summed E-state index contributed by atoms with van der Waals surface area (Å²) in [4.78, 5) is 4.09. The Bertz CT molecular complexity index is 222. The van der Waals surface area contributed by atoms with E-state index in [2.05, 4.69) is 27.8 Å². The third-order valence-electron chi connectivity index (χ3n) is 1.18. The van der Waals surface area contributed by atoms with Crippen LogP contribution in [0, 0.1) is 0 Å². The first kappa shape index (κ1) is 8.14. The number of imidazole rings is 1. The van der Waals surface area contributed by atoms with E-state index in [9.17, 15) is 0 Å². The first-order valence-electron chi connectivity index (χ1n) is 3.05. The molecule has 0 atom stereocenters. The molecule has 1 aromatic rings. The monoisotopic (exact) mass is 220 g/mol. The highest BCUT2D eigenvalue weighted by Crippen LogP contribution is 2.19. The molecule has 1 rings (SSSR count). The van der Waals surface area contributed by atoms with Crippen LogP contribution in [0.2, 0.25) is 0 Å². The number of halogens is 1. The molecule has 2 nitrogen and oxygen atoms in total. The number of hydrogen-bond donors (Lipinski definition) is 0. The van der Waals surface area contributed by atoms with Gasteiger partial charge in [-0.15, -0.1) is 11.8 Å². The first-order chi connectivity index (χ1) is 4.75. The van der Waals surface area contributed by atoms with Gasteiger partial charge in [0.25, 0.3) is 0 Å². The van der Waals surface area contributed by atoms with Crippen LogP contribution in [-0.2, 0) is 7.05 Å². The van der Waals surface area contributed by atoms with Crippen LogP contribution in [0.3, 0.4) is 0 Å². The lowest BCUT2D eigenvalue weighted by molar-refractivity contribution is 0.800. The van der Waals surface area contributed by atoms with Gasteiger partial charge in [-0.2, -0.15) is 0 Å². The minimum Gasteiger partial charge on any atom is -0.317 e. The van der Waals surface area contributed by atoms with Gasteiger partial charge >= 0.3 is 0 Å². The van der Waals surface area contributed by atoms with E-state index in [-0.39, 0.29) is 0 Å². The number of rotatable bonds is 2. The Labute approximate surface area is 73.2 Å². The van der Waals surface area contributed by atoms with Crippen molar-refractivity contribution in [2.75, 3.05) is 5.75 Å². The van der Waals surface area contributed by atoms with Crippen LogP contribution >= 0.6 is 27.7 Å². The van der Waals surface area contributed by atoms with Crippen molar-refractivity contribution in [2.24, 2.45) is 7.05 Å². The summed E-state index contributed by atoms with van der Waals surface area (Å²) < 4.78 is 2.91. The Kier molecular flexibility index (Phi) is 2.80. The topological polar surface area (TPSA) is 17.8 Å². The molecule has 56 valence electrons. The number of nitrogens with zero attached hydrogens (tertiary/aromatic N) is 2. The lowest BCUT2D eigenvalue weighted by Crippen LogP contribution is -1.89. The van der Waals surface area contributed by atoms with E-state index in [0.29, 0.717) is 0 Å². The minimum atomic E-state index is 0.892. The average Bonchev–Trinajstić information content (AvgIpc) is 2.20. The Hall–Kier alpha value is 0.0400. The predicted molar refractivity (Wildman–Crippen MR) is 47.3 cm³/mol. The molecule has 0 unspecified atom stereocenters. The smallest absolute Gasteiger partial charge is 0.177 e. The molecule has 1 heterocycles. The summed E-state index contributed by atoms with van der Waals surface area (Å²) in [7, 11) is 2.00. The zero-order valence-corrected chi connectivity index (χ0v) is 8.37. The fraction of sp³-hybridized carbons (Fsp3) is 0.500. The molecule has 0 aliphatic heterocycles. The quantitative estimate of drug-likeness (QED) is 0.713. The van der Waals surface area contributed by atoms with Gasteiger partial charge in [-0.1, -0.05) is 6.92 Å². The van der Waals surface area contributed by atoms with E-state index in [4.69, 9.17) is 0 Å². The van der Waals surface area contributed by atoms with E-state index in [1.54, 1.807) is 11.8 Å². The van der Waals surface area contributed by atoms with Crippen molar-refractivity contribution in [3.63, 3.8) is 0 Å². The molecule has 0 aliphatic rings. The third kappa shape index (κ3) is 1.55. The average molecular weight is 221 g/mol. The zero-order valence-electron chi connectivity index (χ0n) is 5.97. The Morgan fingerprint density at radius 2 is 2.50 bits per heavy atom. The first-order valence-corrected chi connectivity index (χ1v) is 4.83. The fourth-order valence-corrected chi connectivity index (χ4v) is 1.77. The molecular formula is C6H9BrN2S. The van der Waals surface area contributed by atoms with Crippen molar-refractivity contribution in [1.29, 1.82) is 0 Å². The van der Waals surface area contributed by atoms with Gasteiger partial charge in [-0.25, -0.2) is 4.98 Å². The zero-order chi connectivity index (χ0) is 7.56. The van der Waals surface area contributed by atoms with E-state index in [1.807, 2.05) is 17.8 Å². The van der Waals surface area contributed by atoms with Crippen LogP contribution in [0.5, 0.6) is 0 Å². The maximum Gasteiger partial charge on any atom is 0.177 e. The van der Waals surface area contributed by atoms with Crippen LogP contribution in [0.25, 0.3) is 0 Å². The van der Waals surface area contributed by atoms with Gasteiger partial charge in [-0.05, 0) is 21.7 Å². The predicted octanol–water partition coefficient (Wildman–Crippen LogP) is 2.29.